The first-order valence-electron chi connectivity index (χ1n) is 4.59. The van der Waals surface area contributed by atoms with Crippen molar-refractivity contribution in [1.82, 2.24) is 4.98 Å². The minimum absolute atomic E-state index is 0.935. The van der Waals surface area contributed by atoms with E-state index in [1.165, 1.54) is 11.1 Å². The summed E-state index contributed by atoms with van der Waals surface area (Å²) >= 11 is 0. The smallest absolute Gasteiger partial charge is 0.121 e. The first-order chi connectivity index (χ1) is 6.81. The third-order valence-electron chi connectivity index (χ3n) is 2.33. The molecule has 0 unspecified atom stereocenters. The van der Waals surface area contributed by atoms with Gasteiger partial charge in [-0.3, -0.25) is 0 Å². The van der Waals surface area contributed by atoms with Gasteiger partial charge in [-0.2, -0.15) is 0 Å². The number of aromatic nitrogens is 1. The Balaban J connectivity index is 2.43. The van der Waals surface area contributed by atoms with Crippen LogP contribution in [0.25, 0.3) is 11.1 Å². The number of methoxy groups -OCH3 is 1. The quantitative estimate of drug-likeness (QED) is 0.768. The van der Waals surface area contributed by atoms with Crippen molar-refractivity contribution < 1.29 is 4.74 Å². The molecule has 0 aliphatic rings. The summed E-state index contributed by atoms with van der Waals surface area (Å²) in [5.41, 5.74) is 3.58. The molecular formula is C12H13NO. The Kier molecular flexibility index (Phi) is 2.27. The van der Waals surface area contributed by atoms with Gasteiger partial charge in [0, 0.05) is 12.4 Å². The Morgan fingerprint density at radius 3 is 2.57 bits per heavy atom. The fourth-order valence-electron chi connectivity index (χ4n) is 1.56. The topological polar surface area (TPSA) is 25.0 Å². The minimum Gasteiger partial charge on any atom is -0.496 e. The van der Waals surface area contributed by atoms with Crippen LogP contribution in [-0.4, -0.2) is 12.1 Å². The number of hydrogen-bond acceptors (Lipinski definition) is 1. The lowest BCUT2D eigenvalue weighted by Crippen LogP contribution is -1.86. The van der Waals surface area contributed by atoms with E-state index in [9.17, 15) is 0 Å². The Bertz CT molecular complexity index is 418. The van der Waals surface area contributed by atoms with Crippen LogP contribution < -0.4 is 4.74 Å². The molecule has 0 radical (unpaired) electrons. The van der Waals surface area contributed by atoms with E-state index in [0.29, 0.717) is 0 Å². The SMILES string of the molecule is COc1ccc(-c2cc[nH]c2)cc1C. The zero-order chi connectivity index (χ0) is 9.97. The molecule has 0 atom stereocenters. The second kappa shape index (κ2) is 3.58. The van der Waals surface area contributed by atoms with Gasteiger partial charge < -0.3 is 9.72 Å². The molecule has 2 nitrogen and oxygen atoms in total. The van der Waals surface area contributed by atoms with Gasteiger partial charge in [-0.05, 0) is 41.8 Å². The molecular weight excluding hydrogens is 174 g/mol. The van der Waals surface area contributed by atoms with E-state index in [1.807, 2.05) is 18.5 Å². The zero-order valence-electron chi connectivity index (χ0n) is 8.37. The summed E-state index contributed by atoms with van der Waals surface area (Å²) in [6, 6.07) is 8.25. The molecule has 0 fully saturated rings. The van der Waals surface area contributed by atoms with Crippen molar-refractivity contribution in [2.75, 3.05) is 7.11 Å². The van der Waals surface area contributed by atoms with Gasteiger partial charge in [0.1, 0.15) is 5.75 Å². The number of aromatic amines is 1. The van der Waals surface area contributed by atoms with E-state index in [1.54, 1.807) is 7.11 Å². The largest absolute Gasteiger partial charge is 0.496 e. The van der Waals surface area contributed by atoms with E-state index in [0.717, 1.165) is 11.3 Å². The lowest BCUT2D eigenvalue weighted by Gasteiger charge is -2.05. The average Bonchev–Trinajstić information content (AvgIpc) is 2.70. The molecule has 0 amide bonds. The van der Waals surface area contributed by atoms with Crippen molar-refractivity contribution in [2.24, 2.45) is 0 Å². The van der Waals surface area contributed by atoms with Crippen LogP contribution in [0, 0.1) is 6.92 Å². The molecule has 14 heavy (non-hydrogen) atoms. The zero-order valence-corrected chi connectivity index (χ0v) is 8.37. The standard InChI is InChI=1S/C12H13NO/c1-9-7-10(3-4-12(9)14-2)11-5-6-13-8-11/h3-8,13H,1-2H3. The maximum absolute atomic E-state index is 5.21. The van der Waals surface area contributed by atoms with Crippen molar-refractivity contribution in [3.8, 4) is 16.9 Å². The van der Waals surface area contributed by atoms with Crippen LogP contribution in [0.4, 0.5) is 0 Å². The Hall–Kier alpha value is -1.70. The molecule has 2 heteroatoms. The number of ether oxygens (including phenoxy) is 1. The van der Waals surface area contributed by atoms with Crippen molar-refractivity contribution in [3.63, 3.8) is 0 Å². The molecule has 0 saturated heterocycles. The Morgan fingerprint density at radius 2 is 2.00 bits per heavy atom. The van der Waals surface area contributed by atoms with Crippen LogP contribution in [0.5, 0.6) is 5.75 Å². The van der Waals surface area contributed by atoms with E-state index in [-0.39, 0.29) is 0 Å². The van der Waals surface area contributed by atoms with Crippen LogP contribution in [0.2, 0.25) is 0 Å². The highest BCUT2D eigenvalue weighted by Gasteiger charge is 2.01. The molecule has 2 rings (SSSR count). The molecule has 0 saturated carbocycles. The summed E-state index contributed by atoms with van der Waals surface area (Å²) in [6.45, 7) is 2.05. The third kappa shape index (κ3) is 1.51. The number of rotatable bonds is 2. The van der Waals surface area contributed by atoms with E-state index >= 15 is 0 Å². The van der Waals surface area contributed by atoms with Crippen LogP contribution in [0.3, 0.4) is 0 Å². The van der Waals surface area contributed by atoms with Gasteiger partial charge in [0.05, 0.1) is 7.11 Å². The van der Waals surface area contributed by atoms with Crippen molar-refractivity contribution in [2.45, 2.75) is 6.92 Å². The normalized spacial score (nSPS) is 10.1. The summed E-state index contributed by atoms with van der Waals surface area (Å²) < 4.78 is 5.21. The summed E-state index contributed by atoms with van der Waals surface area (Å²) in [6.07, 6.45) is 3.91. The first kappa shape index (κ1) is 8.88. The summed E-state index contributed by atoms with van der Waals surface area (Å²) in [5.74, 6) is 0.935. The number of nitrogens with one attached hydrogen (secondary N) is 1. The highest BCUT2D eigenvalue weighted by atomic mass is 16.5. The number of H-pyrrole nitrogens is 1. The van der Waals surface area contributed by atoms with Crippen molar-refractivity contribution in [1.29, 1.82) is 0 Å². The van der Waals surface area contributed by atoms with Gasteiger partial charge >= 0.3 is 0 Å². The highest BCUT2D eigenvalue weighted by molar-refractivity contribution is 5.64. The number of benzene rings is 1. The monoisotopic (exact) mass is 187 g/mol. The lowest BCUT2D eigenvalue weighted by molar-refractivity contribution is 0.412. The van der Waals surface area contributed by atoms with Gasteiger partial charge in [0.25, 0.3) is 0 Å². The third-order valence-corrected chi connectivity index (χ3v) is 2.33. The van der Waals surface area contributed by atoms with Crippen LogP contribution >= 0.6 is 0 Å². The summed E-state index contributed by atoms with van der Waals surface area (Å²) in [7, 11) is 1.69. The van der Waals surface area contributed by atoms with Gasteiger partial charge in [-0.15, -0.1) is 0 Å². The van der Waals surface area contributed by atoms with Crippen molar-refractivity contribution in [3.05, 3.63) is 42.2 Å². The maximum atomic E-state index is 5.21. The summed E-state index contributed by atoms with van der Waals surface area (Å²) in [5, 5.41) is 0. The second-order valence-electron chi connectivity index (χ2n) is 3.28. The molecule has 0 bridgehead atoms. The molecule has 1 N–H and O–H groups in total. The van der Waals surface area contributed by atoms with Gasteiger partial charge in [-0.1, -0.05) is 6.07 Å². The minimum atomic E-state index is 0.935. The molecule has 1 heterocycles. The molecule has 2 aromatic rings. The fraction of sp³-hybridized carbons (Fsp3) is 0.167. The first-order valence-corrected chi connectivity index (χ1v) is 4.59. The molecule has 0 aliphatic carbocycles. The molecule has 1 aromatic carbocycles. The number of hydrogen-bond donors (Lipinski definition) is 1. The predicted molar refractivity (Wildman–Crippen MR) is 57.5 cm³/mol. The Labute approximate surface area is 83.5 Å². The van der Waals surface area contributed by atoms with Gasteiger partial charge in [-0.25, -0.2) is 0 Å². The predicted octanol–water partition coefficient (Wildman–Crippen LogP) is 3.00. The lowest BCUT2D eigenvalue weighted by atomic mass is 10.1. The Morgan fingerprint density at radius 1 is 1.14 bits per heavy atom. The van der Waals surface area contributed by atoms with Crippen LogP contribution in [0.1, 0.15) is 5.56 Å². The second-order valence-corrected chi connectivity index (χ2v) is 3.28. The molecule has 72 valence electrons. The maximum Gasteiger partial charge on any atom is 0.121 e. The molecule has 0 spiro atoms. The van der Waals surface area contributed by atoms with Crippen molar-refractivity contribution >= 4 is 0 Å². The molecule has 1 aromatic heterocycles. The van der Waals surface area contributed by atoms with Crippen LogP contribution in [0.15, 0.2) is 36.7 Å². The van der Waals surface area contributed by atoms with Crippen LogP contribution in [-0.2, 0) is 0 Å². The molecule has 0 aliphatic heterocycles. The fourth-order valence-corrected chi connectivity index (χ4v) is 1.56. The van der Waals surface area contributed by atoms with Gasteiger partial charge in [0.15, 0.2) is 0 Å². The number of aryl methyl sites for hydroxylation is 1. The summed E-state index contributed by atoms with van der Waals surface area (Å²) in [4.78, 5) is 3.05. The average molecular weight is 187 g/mol. The highest BCUT2D eigenvalue weighted by Crippen LogP contribution is 2.25. The van der Waals surface area contributed by atoms with E-state index < -0.39 is 0 Å². The van der Waals surface area contributed by atoms with E-state index in [4.69, 9.17) is 4.74 Å². The van der Waals surface area contributed by atoms with E-state index in [2.05, 4.69) is 30.1 Å². The van der Waals surface area contributed by atoms with Gasteiger partial charge in [0.2, 0.25) is 0 Å².